The van der Waals surface area contributed by atoms with E-state index >= 15 is 0 Å². The SMILES string of the molecule is C1=CC(N(c2ccc(-c3ccc4c(c3)Cc3ccccc3-4)cc2)c2ccccc2-c2cccc(-c3ccc4c(c3)-c3ccccc3C4(C3=CCCC=C3)c3ccccc3)c2)=CCC1. The van der Waals surface area contributed by atoms with Crippen LogP contribution in [0.5, 0.6) is 0 Å². The number of nitrogens with zero attached hydrogens (tertiary/aromatic N) is 1. The Hall–Kier alpha value is -7.48. The molecule has 0 saturated heterocycles. The quantitative estimate of drug-likeness (QED) is 0.148. The Balaban J connectivity index is 0.923. The molecule has 1 unspecified atom stereocenters. The molecular formula is C62H47N. The second kappa shape index (κ2) is 15.5. The second-order valence-corrected chi connectivity index (χ2v) is 17.4. The Kier molecular flexibility index (Phi) is 9.15. The fraction of sp³-hybridized carbons (Fsp3) is 0.0968. The van der Waals surface area contributed by atoms with Gasteiger partial charge in [0.2, 0.25) is 0 Å². The van der Waals surface area contributed by atoms with Gasteiger partial charge in [0, 0.05) is 16.9 Å². The lowest BCUT2D eigenvalue weighted by molar-refractivity contribution is 0.751. The van der Waals surface area contributed by atoms with Gasteiger partial charge in [-0.1, -0.05) is 188 Å². The van der Waals surface area contributed by atoms with Gasteiger partial charge in [-0.3, -0.25) is 0 Å². The maximum Gasteiger partial charge on any atom is 0.0710 e. The highest BCUT2D eigenvalue weighted by molar-refractivity contribution is 5.91. The van der Waals surface area contributed by atoms with Crippen molar-refractivity contribution in [3.63, 3.8) is 0 Å². The molecule has 8 aromatic rings. The van der Waals surface area contributed by atoms with Crippen molar-refractivity contribution in [1.82, 2.24) is 0 Å². The smallest absolute Gasteiger partial charge is 0.0710 e. The molecular weight excluding hydrogens is 759 g/mol. The van der Waals surface area contributed by atoms with Crippen molar-refractivity contribution in [1.29, 1.82) is 0 Å². The molecule has 0 fully saturated rings. The number of allylic oxidation sites excluding steroid dienone is 7. The van der Waals surface area contributed by atoms with Gasteiger partial charge in [-0.2, -0.15) is 0 Å². The van der Waals surface area contributed by atoms with Crippen LogP contribution in [-0.4, -0.2) is 0 Å². The summed E-state index contributed by atoms with van der Waals surface area (Å²) in [5.74, 6) is 0. The molecule has 1 nitrogen and oxygen atoms in total. The van der Waals surface area contributed by atoms with E-state index in [1.165, 1.54) is 100 Å². The predicted molar refractivity (Wildman–Crippen MR) is 264 cm³/mol. The third kappa shape index (κ3) is 6.22. The van der Waals surface area contributed by atoms with Crippen LogP contribution in [0.3, 0.4) is 0 Å². The second-order valence-electron chi connectivity index (χ2n) is 17.4. The molecule has 1 heteroatoms. The number of fused-ring (bicyclic) bond motifs is 6. The van der Waals surface area contributed by atoms with Crippen LogP contribution in [0.15, 0.2) is 236 Å². The van der Waals surface area contributed by atoms with E-state index in [1.54, 1.807) is 0 Å². The maximum absolute atomic E-state index is 2.47. The van der Waals surface area contributed by atoms with Crippen molar-refractivity contribution in [2.75, 3.05) is 4.90 Å². The summed E-state index contributed by atoms with van der Waals surface area (Å²) in [5, 5.41) is 0. The first-order chi connectivity index (χ1) is 31.2. The van der Waals surface area contributed by atoms with Crippen molar-refractivity contribution in [3.05, 3.63) is 264 Å². The van der Waals surface area contributed by atoms with Crippen molar-refractivity contribution >= 4 is 11.4 Å². The number of hydrogen-bond donors (Lipinski definition) is 0. The van der Waals surface area contributed by atoms with Crippen LogP contribution in [-0.2, 0) is 11.8 Å². The lowest BCUT2D eigenvalue weighted by Gasteiger charge is -2.35. The lowest BCUT2D eigenvalue weighted by atomic mass is 9.66. The molecule has 0 spiro atoms. The number of anilines is 2. The van der Waals surface area contributed by atoms with Gasteiger partial charge in [0.1, 0.15) is 0 Å². The maximum atomic E-state index is 2.47. The first-order valence-electron chi connectivity index (χ1n) is 22.6. The van der Waals surface area contributed by atoms with E-state index in [2.05, 4.69) is 229 Å². The van der Waals surface area contributed by atoms with Crippen molar-refractivity contribution in [3.8, 4) is 55.6 Å². The molecule has 300 valence electrons. The van der Waals surface area contributed by atoms with E-state index in [4.69, 9.17) is 0 Å². The Bertz CT molecular complexity index is 3190. The molecule has 0 amide bonds. The van der Waals surface area contributed by atoms with Crippen LogP contribution in [0, 0.1) is 0 Å². The third-order valence-electron chi connectivity index (χ3n) is 13.8. The zero-order valence-electron chi connectivity index (χ0n) is 35.3. The number of para-hydroxylation sites is 1. The molecule has 4 aliphatic rings. The Labute approximate surface area is 371 Å². The van der Waals surface area contributed by atoms with Crippen LogP contribution in [0.4, 0.5) is 11.4 Å². The number of rotatable bonds is 8. The van der Waals surface area contributed by atoms with Gasteiger partial charge in [-0.15, -0.1) is 0 Å². The van der Waals surface area contributed by atoms with Gasteiger partial charge in [0.25, 0.3) is 0 Å². The van der Waals surface area contributed by atoms with E-state index in [9.17, 15) is 0 Å². The van der Waals surface area contributed by atoms with E-state index in [0.717, 1.165) is 37.8 Å². The summed E-state index contributed by atoms with van der Waals surface area (Å²) >= 11 is 0. The summed E-state index contributed by atoms with van der Waals surface area (Å²) in [6.45, 7) is 0. The Morgan fingerprint density at radius 2 is 1.03 bits per heavy atom. The molecule has 0 bridgehead atoms. The van der Waals surface area contributed by atoms with Gasteiger partial charge >= 0.3 is 0 Å². The molecule has 0 radical (unpaired) electrons. The van der Waals surface area contributed by atoms with E-state index in [-0.39, 0.29) is 5.41 Å². The average Bonchev–Trinajstić information content (AvgIpc) is 3.89. The van der Waals surface area contributed by atoms with E-state index in [0.29, 0.717) is 0 Å². The molecule has 0 N–H and O–H groups in total. The third-order valence-corrected chi connectivity index (χ3v) is 13.8. The lowest BCUT2D eigenvalue weighted by Crippen LogP contribution is -2.29. The summed E-state index contributed by atoms with van der Waals surface area (Å²) < 4.78 is 0. The monoisotopic (exact) mass is 805 g/mol. The summed E-state index contributed by atoms with van der Waals surface area (Å²) in [6, 6.07) is 70.5. The zero-order valence-corrected chi connectivity index (χ0v) is 35.3. The predicted octanol–water partition coefficient (Wildman–Crippen LogP) is 16.2. The van der Waals surface area contributed by atoms with Crippen LogP contribution >= 0.6 is 0 Å². The largest absolute Gasteiger partial charge is 0.310 e. The van der Waals surface area contributed by atoms with E-state index in [1.807, 2.05) is 0 Å². The van der Waals surface area contributed by atoms with Crippen molar-refractivity contribution in [2.45, 2.75) is 37.5 Å². The highest BCUT2D eigenvalue weighted by Gasteiger charge is 2.46. The molecule has 0 heterocycles. The van der Waals surface area contributed by atoms with Gasteiger partial charge < -0.3 is 4.90 Å². The zero-order chi connectivity index (χ0) is 41.7. The number of hydrogen-bond acceptors (Lipinski definition) is 1. The van der Waals surface area contributed by atoms with Gasteiger partial charge in [-0.25, -0.2) is 0 Å². The van der Waals surface area contributed by atoms with Crippen LogP contribution in [0.25, 0.3) is 55.6 Å². The van der Waals surface area contributed by atoms with Crippen LogP contribution < -0.4 is 4.90 Å². The molecule has 1 atom stereocenters. The Morgan fingerprint density at radius 3 is 1.86 bits per heavy atom. The molecule has 0 aliphatic heterocycles. The van der Waals surface area contributed by atoms with Crippen molar-refractivity contribution in [2.24, 2.45) is 0 Å². The van der Waals surface area contributed by atoms with Crippen molar-refractivity contribution < 1.29 is 0 Å². The first-order valence-corrected chi connectivity index (χ1v) is 22.6. The summed E-state index contributed by atoms with van der Waals surface area (Å²) in [7, 11) is 0. The summed E-state index contributed by atoms with van der Waals surface area (Å²) in [6.07, 6.45) is 19.4. The Morgan fingerprint density at radius 1 is 0.381 bits per heavy atom. The highest BCUT2D eigenvalue weighted by atomic mass is 15.1. The fourth-order valence-corrected chi connectivity index (χ4v) is 10.9. The van der Waals surface area contributed by atoms with Crippen LogP contribution in [0.2, 0.25) is 0 Å². The molecule has 12 rings (SSSR count). The minimum absolute atomic E-state index is 0.360. The van der Waals surface area contributed by atoms with Gasteiger partial charge in [-0.05, 0) is 152 Å². The number of benzene rings is 8. The highest BCUT2D eigenvalue weighted by Crippen LogP contribution is 2.57. The standard InChI is InChI=1S/C62H47N/c1-4-20-50(21-5-1)62(51-22-6-2-7-23-51)59-29-14-12-28-57(59)58-42-46(34-38-60(58)62)44-18-16-19-48(39-44)56-27-13-15-30-61(56)63(52-24-8-3-9-25-52)53-35-31-43(32-36-53)45-33-37-55-49(40-45)41-47-17-10-11-26-54(47)55/h1,4-6,8,10-40,42H,2-3,7,9,41H2. The van der Waals surface area contributed by atoms with Gasteiger partial charge in [0.05, 0.1) is 11.1 Å². The molecule has 63 heavy (non-hydrogen) atoms. The normalized spacial score (nSPS) is 16.7. The van der Waals surface area contributed by atoms with E-state index < -0.39 is 0 Å². The summed E-state index contributed by atoms with van der Waals surface area (Å²) in [5.41, 5.74) is 24.1. The summed E-state index contributed by atoms with van der Waals surface area (Å²) in [4.78, 5) is 2.45. The molecule has 0 saturated carbocycles. The molecule has 0 aromatic heterocycles. The van der Waals surface area contributed by atoms with Crippen LogP contribution in [0.1, 0.15) is 53.5 Å². The van der Waals surface area contributed by atoms with Gasteiger partial charge in [0.15, 0.2) is 0 Å². The first kappa shape index (κ1) is 37.3. The fourth-order valence-electron chi connectivity index (χ4n) is 10.9. The minimum Gasteiger partial charge on any atom is -0.310 e. The minimum atomic E-state index is -0.360. The molecule has 4 aliphatic carbocycles. The average molecular weight is 806 g/mol. The molecule has 8 aromatic carbocycles. The topological polar surface area (TPSA) is 3.24 Å².